The van der Waals surface area contributed by atoms with Crippen molar-refractivity contribution in [3.05, 3.63) is 59.9 Å². The summed E-state index contributed by atoms with van der Waals surface area (Å²) >= 11 is 0. The van der Waals surface area contributed by atoms with Crippen LogP contribution >= 0.6 is 0 Å². The third kappa shape index (κ3) is 4.45. The van der Waals surface area contributed by atoms with Crippen LogP contribution in [-0.2, 0) is 4.74 Å². The minimum atomic E-state index is -0.942. The molecule has 0 amide bonds. The molecule has 0 saturated heterocycles. The highest BCUT2D eigenvalue weighted by molar-refractivity contribution is 5.89. The number of carbonyl (C=O) groups is 2. The number of carboxylic acid groups (broad SMARTS) is 1. The summed E-state index contributed by atoms with van der Waals surface area (Å²) in [5.41, 5.74) is 0.0764. The second-order valence-electron chi connectivity index (χ2n) is 3.38. The van der Waals surface area contributed by atoms with Crippen LogP contribution in [0.4, 0.5) is 4.39 Å². The molecule has 1 N–H and O–H groups in total. The summed E-state index contributed by atoms with van der Waals surface area (Å²) in [6.07, 6.45) is 4.11. The smallest absolute Gasteiger partial charge is 0.342 e. The van der Waals surface area contributed by atoms with Crippen molar-refractivity contribution >= 4 is 11.9 Å². The molecule has 2 rings (SSSR count). The molecule has 0 aliphatic rings. The van der Waals surface area contributed by atoms with Crippen LogP contribution in [0.1, 0.15) is 20.7 Å². The number of aromatic nitrogens is 2. The first-order valence-corrected chi connectivity index (χ1v) is 5.38. The summed E-state index contributed by atoms with van der Waals surface area (Å²) in [5, 5.41) is 8.34. The van der Waals surface area contributed by atoms with E-state index in [2.05, 4.69) is 14.7 Å². The Labute approximate surface area is 113 Å². The van der Waals surface area contributed by atoms with Gasteiger partial charge in [0.1, 0.15) is 5.56 Å². The average molecular weight is 278 g/mol. The third-order valence-electron chi connectivity index (χ3n) is 2.07. The highest BCUT2D eigenvalue weighted by Gasteiger charge is 2.10. The van der Waals surface area contributed by atoms with Gasteiger partial charge in [-0.25, -0.2) is 14.6 Å². The number of methoxy groups -OCH3 is 1. The van der Waals surface area contributed by atoms with Crippen LogP contribution in [0.25, 0.3) is 0 Å². The maximum Gasteiger partial charge on any atom is 0.342 e. The molecule has 20 heavy (non-hydrogen) atoms. The number of aromatic carboxylic acids is 1. The maximum absolute atomic E-state index is 12.6. The van der Waals surface area contributed by atoms with Gasteiger partial charge in [0.05, 0.1) is 12.7 Å². The zero-order chi connectivity index (χ0) is 15.0. The van der Waals surface area contributed by atoms with Gasteiger partial charge in [0.2, 0.25) is 5.95 Å². The molecular formula is C13H11FN2O4. The number of carbonyl (C=O) groups excluding carboxylic acids is 1. The molecule has 0 aromatic carbocycles. The van der Waals surface area contributed by atoms with Crippen LogP contribution in [0.2, 0.25) is 0 Å². The summed E-state index contributed by atoms with van der Waals surface area (Å²) in [7, 11) is 1.19. The van der Waals surface area contributed by atoms with Gasteiger partial charge in [-0.3, -0.25) is 4.98 Å². The van der Waals surface area contributed by atoms with E-state index in [0.717, 1.165) is 0 Å². The molecular weight excluding hydrogens is 267 g/mol. The zero-order valence-electron chi connectivity index (χ0n) is 10.5. The van der Waals surface area contributed by atoms with Crippen molar-refractivity contribution in [3.63, 3.8) is 0 Å². The monoisotopic (exact) mass is 278 g/mol. The second kappa shape index (κ2) is 7.57. The standard InChI is InChI=1S/C7H6FNO2.C6H5NO2/c1-11-7(10)5-3-2-4-9-6(5)8;8-6(9)5-2-1-3-7-4-5/h2-4H,1H3;1-4H,(H,8,9). The van der Waals surface area contributed by atoms with Crippen molar-refractivity contribution in [1.29, 1.82) is 0 Å². The van der Waals surface area contributed by atoms with Gasteiger partial charge in [-0.05, 0) is 24.3 Å². The van der Waals surface area contributed by atoms with Gasteiger partial charge in [-0.2, -0.15) is 4.39 Å². The minimum absolute atomic E-state index is 0.144. The van der Waals surface area contributed by atoms with Crippen LogP contribution in [0.3, 0.4) is 0 Å². The number of esters is 1. The highest BCUT2D eigenvalue weighted by atomic mass is 19.1. The van der Waals surface area contributed by atoms with E-state index in [1.165, 1.54) is 43.9 Å². The van der Waals surface area contributed by atoms with Gasteiger partial charge < -0.3 is 9.84 Å². The Morgan fingerprint density at radius 2 is 1.95 bits per heavy atom. The summed E-state index contributed by atoms with van der Waals surface area (Å²) in [6, 6.07) is 5.86. The van der Waals surface area contributed by atoms with E-state index in [1.54, 1.807) is 6.07 Å². The minimum Gasteiger partial charge on any atom is -0.478 e. The summed E-state index contributed by atoms with van der Waals surface area (Å²) in [4.78, 5) is 27.8. The van der Waals surface area contributed by atoms with E-state index in [9.17, 15) is 14.0 Å². The largest absolute Gasteiger partial charge is 0.478 e. The molecule has 7 heteroatoms. The first kappa shape index (κ1) is 15.2. The number of hydrogen-bond acceptors (Lipinski definition) is 5. The van der Waals surface area contributed by atoms with E-state index in [-0.39, 0.29) is 11.1 Å². The predicted octanol–water partition coefficient (Wildman–Crippen LogP) is 1.79. The van der Waals surface area contributed by atoms with Gasteiger partial charge in [-0.1, -0.05) is 0 Å². The molecule has 2 aromatic heterocycles. The Balaban J connectivity index is 0.000000204. The fourth-order valence-electron chi connectivity index (χ4n) is 1.14. The molecule has 2 heterocycles. The Morgan fingerprint density at radius 1 is 1.25 bits per heavy atom. The van der Waals surface area contributed by atoms with Gasteiger partial charge in [-0.15, -0.1) is 0 Å². The first-order chi connectivity index (χ1) is 9.56. The molecule has 0 bridgehead atoms. The lowest BCUT2D eigenvalue weighted by Gasteiger charge is -1.97. The Morgan fingerprint density at radius 3 is 2.40 bits per heavy atom. The Bertz CT molecular complexity index is 590. The van der Waals surface area contributed by atoms with E-state index >= 15 is 0 Å². The molecule has 0 radical (unpaired) electrons. The van der Waals surface area contributed by atoms with Gasteiger partial charge in [0, 0.05) is 18.6 Å². The zero-order valence-corrected chi connectivity index (χ0v) is 10.5. The van der Waals surface area contributed by atoms with Crippen molar-refractivity contribution in [1.82, 2.24) is 9.97 Å². The highest BCUT2D eigenvalue weighted by Crippen LogP contribution is 2.03. The van der Waals surface area contributed by atoms with Crippen molar-refractivity contribution in [2.45, 2.75) is 0 Å². The molecule has 0 fully saturated rings. The average Bonchev–Trinajstić information content (AvgIpc) is 2.48. The van der Waals surface area contributed by atoms with E-state index in [4.69, 9.17) is 5.11 Å². The molecule has 0 spiro atoms. The number of ether oxygens (including phenoxy) is 1. The molecule has 0 atom stereocenters. The van der Waals surface area contributed by atoms with Gasteiger partial charge in [0.15, 0.2) is 0 Å². The Hall–Kier alpha value is -2.83. The fraction of sp³-hybridized carbons (Fsp3) is 0.0769. The SMILES string of the molecule is COC(=O)c1cccnc1F.O=C(O)c1cccnc1. The molecule has 0 saturated carbocycles. The number of halogens is 1. The fourth-order valence-corrected chi connectivity index (χ4v) is 1.14. The number of carboxylic acids is 1. The normalized spacial score (nSPS) is 9.10. The molecule has 2 aromatic rings. The lowest BCUT2D eigenvalue weighted by molar-refractivity contribution is 0.0593. The van der Waals surface area contributed by atoms with Crippen LogP contribution in [0, 0.1) is 5.95 Å². The lowest BCUT2D eigenvalue weighted by atomic mass is 10.3. The topological polar surface area (TPSA) is 89.4 Å². The molecule has 104 valence electrons. The lowest BCUT2D eigenvalue weighted by Crippen LogP contribution is -2.04. The van der Waals surface area contributed by atoms with Crippen molar-refractivity contribution < 1.29 is 23.8 Å². The summed E-state index contributed by atoms with van der Waals surface area (Å²) < 4.78 is 16.9. The molecule has 0 aliphatic carbocycles. The van der Waals surface area contributed by atoms with Crippen LogP contribution < -0.4 is 0 Å². The van der Waals surface area contributed by atoms with Crippen molar-refractivity contribution in [2.75, 3.05) is 7.11 Å². The second-order valence-corrected chi connectivity index (χ2v) is 3.38. The van der Waals surface area contributed by atoms with E-state index in [1.807, 2.05) is 0 Å². The van der Waals surface area contributed by atoms with Crippen molar-refractivity contribution in [2.24, 2.45) is 0 Å². The molecule has 6 nitrogen and oxygen atoms in total. The number of nitrogens with zero attached hydrogens (tertiary/aromatic N) is 2. The first-order valence-electron chi connectivity index (χ1n) is 5.38. The number of rotatable bonds is 2. The van der Waals surface area contributed by atoms with E-state index < -0.39 is 17.9 Å². The van der Waals surface area contributed by atoms with E-state index in [0.29, 0.717) is 0 Å². The quantitative estimate of drug-likeness (QED) is 0.665. The number of hydrogen-bond donors (Lipinski definition) is 1. The van der Waals surface area contributed by atoms with Crippen LogP contribution in [-0.4, -0.2) is 34.1 Å². The predicted molar refractivity (Wildman–Crippen MR) is 66.7 cm³/mol. The number of pyridine rings is 2. The Kier molecular flexibility index (Phi) is 5.76. The maximum atomic E-state index is 12.6. The third-order valence-corrected chi connectivity index (χ3v) is 2.07. The summed E-state index contributed by atoms with van der Waals surface area (Å²) in [6.45, 7) is 0. The van der Waals surface area contributed by atoms with Gasteiger partial charge >= 0.3 is 11.9 Å². The van der Waals surface area contributed by atoms with Crippen LogP contribution in [0.5, 0.6) is 0 Å². The molecule has 0 aliphatic heterocycles. The summed E-state index contributed by atoms with van der Waals surface area (Å²) in [5.74, 6) is -2.46. The van der Waals surface area contributed by atoms with Crippen LogP contribution in [0.15, 0.2) is 42.9 Å². The van der Waals surface area contributed by atoms with Crippen molar-refractivity contribution in [3.8, 4) is 0 Å². The molecule has 0 unspecified atom stereocenters. The van der Waals surface area contributed by atoms with Gasteiger partial charge in [0.25, 0.3) is 0 Å².